The molecule has 0 saturated carbocycles. The monoisotopic (exact) mass is 458 g/mol. The van der Waals surface area contributed by atoms with E-state index in [-0.39, 0.29) is 4.90 Å². The average Bonchev–Trinajstić information content (AvgIpc) is 2.99. The second-order valence-electron chi connectivity index (χ2n) is 7.41. The van der Waals surface area contributed by atoms with Gasteiger partial charge in [0.1, 0.15) is 17.8 Å². The summed E-state index contributed by atoms with van der Waals surface area (Å²) in [6, 6.07) is 7.19. The fraction of sp³-hybridized carbons (Fsp3) is 0.182. The van der Waals surface area contributed by atoms with Crippen molar-refractivity contribution in [2.24, 2.45) is 0 Å². The predicted octanol–water partition coefficient (Wildman–Crippen LogP) is 4.52. The van der Waals surface area contributed by atoms with Crippen LogP contribution in [-0.2, 0) is 10.0 Å². The van der Waals surface area contributed by atoms with Crippen LogP contribution in [0.4, 0.5) is 13.2 Å². The van der Waals surface area contributed by atoms with Gasteiger partial charge in [0, 0.05) is 22.8 Å². The molecule has 1 aliphatic carbocycles. The zero-order valence-electron chi connectivity index (χ0n) is 17.0. The number of nitrogens with one attached hydrogen (secondary N) is 1. The number of alkyl halides is 3. The fourth-order valence-corrected chi connectivity index (χ4v) is 4.63. The molecule has 0 unspecified atom stereocenters. The van der Waals surface area contributed by atoms with Crippen molar-refractivity contribution in [2.75, 3.05) is 0 Å². The van der Waals surface area contributed by atoms with E-state index >= 15 is 0 Å². The molecule has 1 aromatic carbocycles. The van der Waals surface area contributed by atoms with E-state index in [1.54, 1.807) is 15.5 Å². The highest BCUT2D eigenvalue weighted by molar-refractivity contribution is 7.89. The van der Waals surface area contributed by atoms with Gasteiger partial charge in [-0.25, -0.2) is 13.4 Å². The molecule has 0 fully saturated rings. The van der Waals surface area contributed by atoms with Crippen molar-refractivity contribution in [3.05, 3.63) is 65.9 Å². The third kappa shape index (κ3) is 3.70. The highest BCUT2D eigenvalue weighted by atomic mass is 32.2. The van der Waals surface area contributed by atoms with Crippen LogP contribution >= 0.6 is 0 Å². The van der Waals surface area contributed by atoms with Crippen molar-refractivity contribution in [3.63, 3.8) is 0 Å². The van der Waals surface area contributed by atoms with Crippen LogP contribution in [0.1, 0.15) is 18.1 Å². The summed E-state index contributed by atoms with van der Waals surface area (Å²) in [5.41, 5.74) is 3.69. The van der Waals surface area contributed by atoms with Crippen molar-refractivity contribution in [2.45, 2.75) is 31.0 Å². The van der Waals surface area contributed by atoms with Crippen LogP contribution in [0.3, 0.4) is 0 Å². The van der Waals surface area contributed by atoms with Crippen molar-refractivity contribution in [1.29, 1.82) is 5.26 Å². The summed E-state index contributed by atoms with van der Waals surface area (Å²) in [4.78, 5) is 4.17. The molecule has 2 heterocycles. The van der Waals surface area contributed by atoms with E-state index in [9.17, 15) is 26.9 Å². The summed E-state index contributed by atoms with van der Waals surface area (Å²) in [6.07, 6.45) is 2.54. The maximum Gasteiger partial charge on any atom is 0.404 e. The van der Waals surface area contributed by atoms with Gasteiger partial charge < -0.3 is 0 Å². The zero-order chi connectivity index (χ0) is 23.3. The third-order valence-electron chi connectivity index (χ3n) is 5.11. The molecule has 4 rings (SSSR count). The lowest BCUT2D eigenvalue weighted by Crippen LogP contribution is -2.42. The first-order valence-corrected chi connectivity index (χ1v) is 11.0. The summed E-state index contributed by atoms with van der Waals surface area (Å²) >= 11 is 0. The molecule has 0 spiro atoms. The minimum Gasteiger partial charge on any atom is -0.293 e. The van der Waals surface area contributed by atoms with E-state index in [0.717, 1.165) is 18.2 Å². The number of sulfonamides is 1. The van der Waals surface area contributed by atoms with Crippen LogP contribution in [0, 0.1) is 18.3 Å². The number of rotatable bonds is 5. The van der Waals surface area contributed by atoms with Crippen LogP contribution in [0.15, 0.2) is 59.7 Å². The molecule has 0 aliphatic heterocycles. The topological polar surface area (TPSA) is 87.8 Å². The van der Waals surface area contributed by atoms with E-state index in [0.29, 0.717) is 27.9 Å². The van der Waals surface area contributed by atoms with E-state index in [4.69, 9.17) is 0 Å². The lowest BCUT2D eigenvalue weighted by atomic mass is 10.1. The van der Waals surface area contributed by atoms with Gasteiger partial charge in [-0.3, -0.25) is 4.57 Å². The lowest BCUT2D eigenvalue weighted by molar-refractivity contribution is -0.147. The molecule has 6 nitrogen and oxygen atoms in total. The van der Waals surface area contributed by atoms with Gasteiger partial charge in [0.15, 0.2) is 0 Å². The molecule has 0 radical (unpaired) electrons. The van der Waals surface area contributed by atoms with Crippen LogP contribution < -0.4 is 4.72 Å². The summed E-state index contributed by atoms with van der Waals surface area (Å²) in [6.45, 7) is 2.60. The Morgan fingerprint density at radius 1 is 1.22 bits per heavy atom. The highest BCUT2D eigenvalue weighted by Gasteiger charge is 2.38. The van der Waals surface area contributed by atoms with Gasteiger partial charge in [0.25, 0.3) is 0 Å². The number of hydrogen-bond acceptors (Lipinski definition) is 4. The number of aryl methyl sites for hydroxylation is 1. The molecule has 3 aromatic rings. The Kier molecular flexibility index (Phi) is 5.19. The van der Waals surface area contributed by atoms with Gasteiger partial charge >= 0.3 is 6.18 Å². The summed E-state index contributed by atoms with van der Waals surface area (Å²) in [5, 5.41) is 10.5. The molecule has 32 heavy (non-hydrogen) atoms. The maximum absolute atomic E-state index is 12.8. The standard InChI is InChI=1S/C22H17F3N4O2S/c1-13-10-18-19(11-26)20(29(16-4-3-5-16)21(18)27-12-13)15-6-8-17(9-7-15)32(30,31)28-14(2)22(23,24)25/h3-10,12,14,28H,1-2H3/t14-/m1/s1. The Morgan fingerprint density at radius 2 is 1.88 bits per heavy atom. The Labute approximate surface area is 182 Å². The number of benzene rings is 1. The van der Waals surface area contributed by atoms with Crippen molar-refractivity contribution in [3.8, 4) is 17.3 Å². The largest absolute Gasteiger partial charge is 0.404 e. The van der Waals surface area contributed by atoms with Gasteiger partial charge in [-0.1, -0.05) is 18.2 Å². The predicted molar refractivity (Wildman–Crippen MR) is 114 cm³/mol. The number of nitriles is 1. The van der Waals surface area contributed by atoms with Gasteiger partial charge in [-0.15, -0.1) is 0 Å². The van der Waals surface area contributed by atoms with Crippen LogP contribution in [0.25, 0.3) is 28.0 Å². The first-order chi connectivity index (χ1) is 15.0. The Bertz CT molecular complexity index is 1430. The van der Waals surface area contributed by atoms with Crippen LogP contribution in [0.2, 0.25) is 0 Å². The van der Waals surface area contributed by atoms with Crippen molar-refractivity contribution < 1.29 is 21.6 Å². The normalized spacial score (nSPS) is 14.7. The number of allylic oxidation sites excluding steroid dienone is 4. The molecule has 2 aromatic heterocycles. The van der Waals surface area contributed by atoms with E-state index in [1.165, 1.54) is 24.3 Å². The maximum atomic E-state index is 12.8. The smallest absolute Gasteiger partial charge is 0.293 e. The molecule has 1 N–H and O–H groups in total. The first kappa shape index (κ1) is 21.8. The van der Waals surface area contributed by atoms with Gasteiger partial charge in [-0.2, -0.15) is 23.2 Å². The molecular formula is C22H17F3N4O2S. The van der Waals surface area contributed by atoms with Gasteiger partial charge in [-0.05, 0) is 49.8 Å². The van der Waals surface area contributed by atoms with Crippen LogP contribution in [-0.4, -0.2) is 30.2 Å². The highest BCUT2D eigenvalue weighted by Crippen LogP contribution is 2.37. The minimum atomic E-state index is -4.70. The first-order valence-electron chi connectivity index (χ1n) is 9.52. The van der Waals surface area contributed by atoms with E-state index < -0.39 is 22.2 Å². The Balaban J connectivity index is 1.82. The summed E-state index contributed by atoms with van der Waals surface area (Å²) in [5.74, 6) is 0. The third-order valence-corrected chi connectivity index (χ3v) is 6.67. The fourth-order valence-electron chi connectivity index (χ4n) is 3.40. The molecule has 1 aliphatic rings. The molecular weight excluding hydrogens is 441 g/mol. The van der Waals surface area contributed by atoms with E-state index in [2.05, 4.69) is 11.1 Å². The SMILES string of the molecule is Cc1cnc2c(c1)c(C#N)c(-c1ccc(S(=O)(=O)N[C@H](C)C(F)(F)F)cc1)n2C1=CC=C1. The molecule has 1 atom stereocenters. The Morgan fingerprint density at radius 3 is 2.41 bits per heavy atom. The van der Waals surface area contributed by atoms with Gasteiger partial charge in [0.2, 0.25) is 10.0 Å². The molecule has 0 bridgehead atoms. The quantitative estimate of drug-likeness (QED) is 0.609. The number of hydrogen-bond donors (Lipinski definition) is 1. The minimum absolute atomic E-state index is 0.310. The lowest BCUT2D eigenvalue weighted by Gasteiger charge is -2.18. The van der Waals surface area contributed by atoms with Crippen LogP contribution in [0.5, 0.6) is 0 Å². The number of fused-ring (bicyclic) bond motifs is 1. The Hall–Kier alpha value is -3.42. The second kappa shape index (κ2) is 7.62. The molecule has 0 saturated heterocycles. The number of aromatic nitrogens is 2. The number of halogens is 3. The number of pyridine rings is 1. The zero-order valence-corrected chi connectivity index (χ0v) is 17.8. The van der Waals surface area contributed by atoms with E-state index in [1.807, 2.05) is 31.2 Å². The van der Waals surface area contributed by atoms with Crippen molar-refractivity contribution >= 4 is 26.8 Å². The average molecular weight is 458 g/mol. The van der Waals surface area contributed by atoms with Crippen molar-refractivity contribution in [1.82, 2.24) is 14.3 Å². The molecule has 0 amide bonds. The summed E-state index contributed by atoms with van der Waals surface area (Å²) < 4.78 is 66.5. The summed E-state index contributed by atoms with van der Waals surface area (Å²) in [7, 11) is -4.38. The molecule has 164 valence electrons. The second-order valence-corrected chi connectivity index (χ2v) is 9.13. The molecule has 10 heteroatoms. The number of nitrogens with zero attached hydrogens (tertiary/aromatic N) is 3. The van der Waals surface area contributed by atoms with Gasteiger partial charge in [0.05, 0.1) is 16.2 Å².